The molecule has 0 radical (unpaired) electrons. The van der Waals surface area contributed by atoms with Crippen LogP contribution in [-0.2, 0) is 4.79 Å². The summed E-state index contributed by atoms with van der Waals surface area (Å²) in [5, 5.41) is 14.8. The maximum Gasteiger partial charge on any atom is 0.226 e. The maximum absolute atomic E-state index is 11.8. The molecule has 1 amide bonds. The van der Waals surface area contributed by atoms with Crippen LogP contribution in [0.25, 0.3) is 0 Å². The topological polar surface area (TPSA) is 64.9 Å². The molecule has 4 heteroatoms. The first-order valence-corrected chi connectivity index (χ1v) is 6.78. The molecule has 2 aromatic rings. The van der Waals surface area contributed by atoms with E-state index >= 15 is 0 Å². The number of hydrogen-bond acceptors (Lipinski definition) is 3. The van der Waals surface area contributed by atoms with Crippen LogP contribution in [0.1, 0.15) is 17.5 Å². The summed E-state index contributed by atoms with van der Waals surface area (Å²) in [4.78, 5) is 11.8. The molecule has 0 aliphatic rings. The summed E-state index contributed by atoms with van der Waals surface area (Å²) in [5.74, 6) is -0.0548. The molecule has 0 fully saturated rings. The van der Waals surface area contributed by atoms with Gasteiger partial charge in [-0.2, -0.15) is 5.26 Å². The molecular formula is C17H17N3O. The van der Waals surface area contributed by atoms with Gasteiger partial charge in [-0.1, -0.05) is 18.2 Å². The van der Waals surface area contributed by atoms with Crippen LogP contribution in [0, 0.1) is 18.3 Å². The number of nitrogens with one attached hydrogen (secondary N) is 2. The molecule has 0 aromatic heterocycles. The monoisotopic (exact) mass is 279 g/mol. The van der Waals surface area contributed by atoms with Gasteiger partial charge < -0.3 is 10.6 Å². The molecule has 0 spiro atoms. The van der Waals surface area contributed by atoms with Gasteiger partial charge in [0.1, 0.15) is 0 Å². The normalized spacial score (nSPS) is 9.71. The molecular weight excluding hydrogens is 262 g/mol. The van der Waals surface area contributed by atoms with Crippen molar-refractivity contribution in [1.29, 1.82) is 5.26 Å². The third-order valence-corrected chi connectivity index (χ3v) is 3.11. The van der Waals surface area contributed by atoms with Crippen molar-refractivity contribution in [2.75, 3.05) is 17.2 Å². The Morgan fingerprint density at radius 1 is 1.14 bits per heavy atom. The van der Waals surface area contributed by atoms with Crippen molar-refractivity contribution in [3.05, 3.63) is 59.7 Å². The van der Waals surface area contributed by atoms with E-state index in [1.54, 1.807) is 24.3 Å². The van der Waals surface area contributed by atoms with E-state index in [1.807, 2.05) is 37.3 Å². The zero-order valence-electron chi connectivity index (χ0n) is 11.9. The molecule has 0 atom stereocenters. The van der Waals surface area contributed by atoms with E-state index in [-0.39, 0.29) is 5.91 Å². The van der Waals surface area contributed by atoms with Crippen molar-refractivity contribution < 1.29 is 4.79 Å². The first kappa shape index (κ1) is 14.6. The Bertz CT molecular complexity index is 656. The average molecular weight is 279 g/mol. The van der Waals surface area contributed by atoms with E-state index in [4.69, 9.17) is 5.26 Å². The Labute approximate surface area is 124 Å². The largest absolute Gasteiger partial charge is 0.384 e. The summed E-state index contributed by atoms with van der Waals surface area (Å²) >= 11 is 0. The van der Waals surface area contributed by atoms with Crippen LogP contribution >= 0.6 is 0 Å². The van der Waals surface area contributed by atoms with E-state index in [1.165, 1.54) is 0 Å². The number of nitriles is 1. The minimum atomic E-state index is -0.0548. The first-order valence-electron chi connectivity index (χ1n) is 6.78. The summed E-state index contributed by atoms with van der Waals surface area (Å²) in [7, 11) is 0. The minimum Gasteiger partial charge on any atom is -0.384 e. The standard InChI is InChI=1S/C17H17N3O/c1-13-4-2-3-5-16(13)19-11-10-17(21)20-15-8-6-14(12-18)7-9-15/h2-9,19H,10-11H2,1H3,(H,20,21). The molecule has 0 heterocycles. The molecule has 106 valence electrons. The average Bonchev–Trinajstić information content (AvgIpc) is 2.50. The quantitative estimate of drug-likeness (QED) is 0.882. The van der Waals surface area contributed by atoms with Gasteiger partial charge in [-0.3, -0.25) is 4.79 Å². The Kier molecular flexibility index (Phi) is 4.94. The number of para-hydroxylation sites is 1. The van der Waals surface area contributed by atoms with Gasteiger partial charge in [0.25, 0.3) is 0 Å². The van der Waals surface area contributed by atoms with Crippen LogP contribution in [0.5, 0.6) is 0 Å². The van der Waals surface area contributed by atoms with Crippen LogP contribution < -0.4 is 10.6 Å². The maximum atomic E-state index is 11.8. The first-order chi connectivity index (χ1) is 10.2. The van der Waals surface area contributed by atoms with E-state index in [0.717, 1.165) is 11.3 Å². The molecule has 0 aliphatic heterocycles. The molecule has 21 heavy (non-hydrogen) atoms. The second-order valence-electron chi connectivity index (χ2n) is 4.73. The number of hydrogen-bond donors (Lipinski definition) is 2. The number of nitrogens with zero attached hydrogens (tertiary/aromatic N) is 1. The number of carbonyl (C=O) groups is 1. The number of aryl methyl sites for hydroxylation is 1. The van der Waals surface area contributed by atoms with Crippen LogP contribution in [0.4, 0.5) is 11.4 Å². The van der Waals surface area contributed by atoms with Gasteiger partial charge in [0, 0.05) is 24.3 Å². The number of rotatable bonds is 5. The summed E-state index contributed by atoms with van der Waals surface area (Å²) in [6.45, 7) is 2.60. The molecule has 2 rings (SSSR count). The highest BCUT2D eigenvalue weighted by molar-refractivity contribution is 5.91. The summed E-state index contributed by atoms with van der Waals surface area (Å²) < 4.78 is 0. The number of amides is 1. The highest BCUT2D eigenvalue weighted by Gasteiger charge is 2.03. The molecule has 0 unspecified atom stereocenters. The highest BCUT2D eigenvalue weighted by atomic mass is 16.1. The van der Waals surface area contributed by atoms with Gasteiger partial charge in [0.05, 0.1) is 11.6 Å². The SMILES string of the molecule is Cc1ccccc1NCCC(=O)Nc1ccc(C#N)cc1. The molecule has 2 N–H and O–H groups in total. The lowest BCUT2D eigenvalue weighted by atomic mass is 10.2. The molecule has 0 saturated heterocycles. The fourth-order valence-electron chi connectivity index (χ4n) is 1.93. The molecule has 2 aromatic carbocycles. The molecule has 0 bridgehead atoms. The van der Waals surface area contributed by atoms with Crippen molar-refractivity contribution in [1.82, 2.24) is 0 Å². The van der Waals surface area contributed by atoms with Gasteiger partial charge in [-0.05, 0) is 42.8 Å². The van der Waals surface area contributed by atoms with Crippen LogP contribution in [0.2, 0.25) is 0 Å². The molecule has 4 nitrogen and oxygen atoms in total. The fraction of sp³-hybridized carbons (Fsp3) is 0.176. The second kappa shape index (κ2) is 7.11. The van der Waals surface area contributed by atoms with Crippen molar-refractivity contribution in [2.24, 2.45) is 0 Å². The van der Waals surface area contributed by atoms with Gasteiger partial charge in [-0.15, -0.1) is 0 Å². The Morgan fingerprint density at radius 3 is 2.52 bits per heavy atom. The van der Waals surface area contributed by atoms with E-state index in [2.05, 4.69) is 10.6 Å². The van der Waals surface area contributed by atoms with Crippen LogP contribution in [0.3, 0.4) is 0 Å². The predicted molar refractivity (Wildman–Crippen MR) is 84.1 cm³/mol. The Morgan fingerprint density at radius 2 is 1.86 bits per heavy atom. The number of anilines is 2. The van der Waals surface area contributed by atoms with Crippen molar-refractivity contribution in [3.63, 3.8) is 0 Å². The minimum absolute atomic E-state index is 0.0548. The lowest BCUT2D eigenvalue weighted by molar-refractivity contribution is -0.115. The lowest BCUT2D eigenvalue weighted by Gasteiger charge is -2.09. The Hall–Kier alpha value is -2.80. The van der Waals surface area contributed by atoms with Crippen LogP contribution in [0.15, 0.2) is 48.5 Å². The lowest BCUT2D eigenvalue weighted by Crippen LogP contribution is -2.16. The van der Waals surface area contributed by atoms with Crippen LogP contribution in [-0.4, -0.2) is 12.5 Å². The van der Waals surface area contributed by atoms with E-state index < -0.39 is 0 Å². The van der Waals surface area contributed by atoms with Crippen molar-refractivity contribution >= 4 is 17.3 Å². The van der Waals surface area contributed by atoms with Crippen molar-refractivity contribution in [3.8, 4) is 6.07 Å². The number of benzene rings is 2. The number of carbonyl (C=O) groups excluding carboxylic acids is 1. The summed E-state index contributed by atoms with van der Waals surface area (Å²) in [5.41, 5.74) is 3.48. The van der Waals surface area contributed by atoms with Gasteiger partial charge >= 0.3 is 0 Å². The second-order valence-corrected chi connectivity index (χ2v) is 4.73. The third-order valence-electron chi connectivity index (χ3n) is 3.11. The predicted octanol–water partition coefficient (Wildman–Crippen LogP) is 3.31. The summed E-state index contributed by atoms with van der Waals surface area (Å²) in [6, 6.07) is 16.8. The smallest absolute Gasteiger partial charge is 0.226 e. The summed E-state index contributed by atoms with van der Waals surface area (Å²) in [6.07, 6.45) is 0.383. The van der Waals surface area contributed by atoms with Gasteiger partial charge in [0.2, 0.25) is 5.91 Å². The molecule has 0 saturated carbocycles. The fourth-order valence-corrected chi connectivity index (χ4v) is 1.93. The third kappa shape index (κ3) is 4.36. The Balaban J connectivity index is 1.80. The van der Waals surface area contributed by atoms with E-state index in [9.17, 15) is 4.79 Å². The highest BCUT2D eigenvalue weighted by Crippen LogP contribution is 2.13. The molecule has 0 aliphatic carbocycles. The van der Waals surface area contributed by atoms with E-state index in [0.29, 0.717) is 24.2 Å². The zero-order valence-corrected chi connectivity index (χ0v) is 11.9. The van der Waals surface area contributed by atoms with Gasteiger partial charge in [-0.25, -0.2) is 0 Å². The van der Waals surface area contributed by atoms with Gasteiger partial charge in [0.15, 0.2) is 0 Å². The zero-order chi connectivity index (χ0) is 15.1. The van der Waals surface area contributed by atoms with Crippen molar-refractivity contribution in [2.45, 2.75) is 13.3 Å².